The smallest absolute Gasteiger partial charge is 0.387 e. The van der Waals surface area contributed by atoms with Crippen LogP contribution < -0.4 is 0 Å². The molecule has 146 valence electrons. The van der Waals surface area contributed by atoms with E-state index in [2.05, 4.69) is 5.16 Å². The molecule has 2 aliphatic rings. The third-order valence-electron chi connectivity index (χ3n) is 5.26. The molecular formula is C21H19F3N2O2. The van der Waals surface area contributed by atoms with Crippen LogP contribution in [0.2, 0.25) is 0 Å². The third-order valence-corrected chi connectivity index (χ3v) is 5.26. The summed E-state index contributed by atoms with van der Waals surface area (Å²) in [6.07, 6.45) is -3.43. The van der Waals surface area contributed by atoms with Gasteiger partial charge in [-0.25, -0.2) is 0 Å². The van der Waals surface area contributed by atoms with Crippen molar-refractivity contribution in [3.05, 3.63) is 70.8 Å². The van der Waals surface area contributed by atoms with E-state index in [0.29, 0.717) is 42.8 Å². The summed E-state index contributed by atoms with van der Waals surface area (Å²) in [4.78, 5) is 20.1. The Hall–Kier alpha value is -2.83. The number of nitrogens with zero attached hydrogens (tertiary/aromatic N) is 2. The molecule has 2 aromatic carbocycles. The van der Waals surface area contributed by atoms with Gasteiger partial charge in [-0.05, 0) is 31.2 Å². The molecule has 0 saturated carbocycles. The molecule has 7 heteroatoms. The molecule has 0 N–H and O–H groups in total. The Bertz CT molecular complexity index is 937. The third kappa shape index (κ3) is 3.48. The predicted molar refractivity (Wildman–Crippen MR) is 98.1 cm³/mol. The first kappa shape index (κ1) is 18.5. The van der Waals surface area contributed by atoms with Gasteiger partial charge in [0.2, 0.25) is 0 Å². The predicted octanol–water partition coefficient (Wildman–Crippen LogP) is 4.42. The number of amides is 1. The van der Waals surface area contributed by atoms with Crippen molar-refractivity contribution in [1.82, 2.24) is 4.90 Å². The van der Waals surface area contributed by atoms with Crippen molar-refractivity contribution >= 4 is 11.6 Å². The van der Waals surface area contributed by atoms with Crippen molar-refractivity contribution in [3.8, 4) is 0 Å². The molecule has 0 aromatic heterocycles. The molecule has 1 amide bonds. The van der Waals surface area contributed by atoms with Gasteiger partial charge in [0.25, 0.3) is 5.91 Å². The number of carbonyl (C=O) groups is 1. The highest BCUT2D eigenvalue weighted by Gasteiger charge is 2.47. The van der Waals surface area contributed by atoms with Crippen molar-refractivity contribution < 1.29 is 22.8 Å². The number of benzene rings is 2. The van der Waals surface area contributed by atoms with Crippen LogP contribution in [0.4, 0.5) is 13.2 Å². The first-order valence-corrected chi connectivity index (χ1v) is 9.04. The number of alkyl halides is 3. The average Bonchev–Trinajstić information content (AvgIpc) is 3.28. The summed E-state index contributed by atoms with van der Waals surface area (Å²) in [5.74, 6) is -0.0759. The Morgan fingerprint density at radius 2 is 1.93 bits per heavy atom. The van der Waals surface area contributed by atoms with E-state index >= 15 is 0 Å². The van der Waals surface area contributed by atoms with Crippen LogP contribution in [0.3, 0.4) is 0 Å². The molecule has 1 atom stereocenters. The number of oxime groups is 1. The molecule has 0 aliphatic carbocycles. The summed E-state index contributed by atoms with van der Waals surface area (Å²) in [5, 5.41) is 4.05. The maximum Gasteiger partial charge on any atom is 0.416 e. The second-order valence-electron chi connectivity index (χ2n) is 7.41. The molecule has 0 bridgehead atoms. The fourth-order valence-electron chi connectivity index (χ4n) is 3.67. The number of halogens is 3. The van der Waals surface area contributed by atoms with Gasteiger partial charge in [0.15, 0.2) is 5.60 Å². The van der Waals surface area contributed by atoms with Gasteiger partial charge < -0.3 is 9.74 Å². The summed E-state index contributed by atoms with van der Waals surface area (Å²) in [6.45, 7) is 2.85. The maximum atomic E-state index is 13.0. The van der Waals surface area contributed by atoms with Crippen molar-refractivity contribution in [2.24, 2.45) is 5.16 Å². The SMILES string of the molecule is Cc1ccc(C(=O)N2CCC3(CC(c4cccc(C(F)(F)F)c4)=NO3)C2)cc1. The highest BCUT2D eigenvalue weighted by molar-refractivity contribution is 6.02. The highest BCUT2D eigenvalue weighted by Crippen LogP contribution is 2.37. The largest absolute Gasteiger partial charge is 0.416 e. The number of carbonyl (C=O) groups excluding carboxylic acids is 1. The van der Waals surface area contributed by atoms with Crippen LogP contribution in [-0.2, 0) is 11.0 Å². The first-order chi connectivity index (χ1) is 13.3. The van der Waals surface area contributed by atoms with Gasteiger partial charge in [0.1, 0.15) is 0 Å². The van der Waals surface area contributed by atoms with Crippen LogP contribution >= 0.6 is 0 Å². The Morgan fingerprint density at radius 3 is 2.64 bits per heavy atom. The van der Waals surface area contributed by atoms with E-state index in [4.69, 9.17) is 4.84 Å². The van der Waals surface area contributed by atoms with Crippen LogP contribution in [-0.4, -0.2) is 35.2 Å². The van der Waals surface area contributed by atoms with Gasteiger partial charge in [-0.2, -0.15) is 13.2 Å². The topological polar surface area (TPSA) is 41.9 Å². The molecule has 1 fully saturated rings. The van der Waals surface area contributed by atoms with E-state index in [1.165, 1.54) is 6.07 Å². The number of rotatable bonds is 2. The molecule has 2 aromatic rings. The molecule has 2 heterocycles. The first-order valence-electron chi connectivity index (χ1n) is 9.04. The zero-order valence-corrected chi connectivity index (χ0v) is 15.3. The molecule has 1 saturated heterocycles. The van der Waals surface area contributed by atoms with E-state index < -0.39 is 17.3 Å². The van der Waals surface area contributed by atoms with Crippen LogP contribution in [0, 0.1) is 6.92 Å². The fraction of sp³-hybridized carbons (Fsp3) is 0.333. The maximum absolute atomic E-state index is 13.0. The second-order valence-corrected chi connectivity index (χ2v) is 7.41. The molecule has 1 unspecified atom stereocenters. The average molecular weight is 388 g/mol. The lowest BCUT2D eigenvalue weighted by Gasteiger charge is -2.22. The van der Waals surface area contributed by atoms with E-state index in [1.54, 1.807) is 23.1 Å². The van der Waals surface area contributed by atoms with E-state index in [-0.39, 0.29) is 5.91 Å². The van der Waals surface area contributed by atoms with Gasteiger partial charge in [0, 0.05) is 30.5 Å². The van der Waals surface area contributed by atoms with Gasteiger partial charge >= 0.3 is 6.18 Å². The van der Waals surface area contributed by atoms with Crippen molar-refractivity contribution in [2.45, 2.75) is 31.5 Å². The fourth-order valence-corrected chi connectivity index (χ4v) is 3.67. The molecule has 0 radical (unpaired) electrons. The second kappa shape index (κ2) is 6.65. The highest BCUT2D eigenvalue weighted by atomic mass is 19.4. The lowest BCUT2D eigenvalue weighted by atomic mass is 9.93. The Labute approximate surface area is 160 Å². The Kier molecular flexibility index (Phi) is 4.40. The number of aryl methyl sites for hydroxylation is 1. The summed E-state index contributed by atoms with van der Waals surface area (Å²) < 4.78 is 38.9. The van der Waals surface area contributed by atoms with Crippen LogP contribution in [0.5, 0.6) is 0 Å². The standard InChI is InChI=1S/C21H19F3N2O2/c1-14-5-7-15(8-6-14)19(27)26-10-9-20(13-26)12-18(25-28-20)16-3-2-4-17(11-16)21(22,23)24/h2-8,11H,9-10,12-13H2,1H3. The number of likely N-dealkylation sites (tertiary alicyclic amines) is 1. The van der Waals surface area contributed by atoms with Gasteiger partial charge in [-0.15, -0.1) is 0 Å². The van der Waals surface area contributed by atoms with Crippen LogP contribution in [0.25, 0.3) is 0 Å². The number of hydrogen-bond acceptors (Lipinski definition) is 3. The Morgan fingerprint density at radius 1 is 1.18 bits per heavy atom. The molecule has 1 spiro atoms. The summed E-state index contributed by atoms with van der Waals surface area (Å²) in [6, 6.07) is 12.5. The molecule has 4 nitrogen and oxygen atoms in total. The van der Waals surface area contributed by atoms with E-state index in [0.717, 1.165) is 17.7 Å². The van der Waals surface area contributed by atoms with E-state index in [9.17, 15) is 18.0 Å². The normalized spacial score (nSPS) is 21.7. The lowest BCUT2D eigenvalue weighted by molar-refractivity contribution is -0.137. The van der Waals surface area contributed by atoms with Crippen LogP contribution in [0.1, 0.15) is 39.9 Å². The van der Waals surface area contributed by atoms with Gasteiger partial charge in [-0.3, -0.25) is 4.79 Å². The molecule has 28 heavy (non-hydrogen) atoms. The van der Waals surface area contributed by atoms with Crippen molar-refractivity contribution in [3.63, 3.8) is 0 Å². The zero-order chi connectivity index (χ0) is 19.9. The molecule has 4 rings (SSSR count). The Balaban J connectivity index is 1.46. The minimum absolute atomic E-state index is 0.0759. The molecule has 2 aliphatic heterocycles. The minimum Gasteiger partial charge on any atom is -0.387 e. The van der Waals surface area contributed by atoms with Crippen LogP contribution in [0.15, 0.2) is 53.7 Å². The number of hydrogen-bond donors (Lipinski definition) is 0. The summed E-state index contributed by atoms with van der Waals surface area (Å²) >= 11 is 0. The van der Waals surface area contributed by atoms with Crippen molar-refractivity contribution in [1.29, 1.82) is 0 Å². The summed E-state index contributed by atoms with van der Waals surface area (Å²) in [7, 11) is 0. The lowest BCUT2D eigenvalue weighted by Crippen LogP contribution is -2.36. The quantitative estimate of drug-likeness (QED) is 0.764. The zero-order valence-electron chi connectivity index (χ0n) is 15.3. The van der Waals surface area contributed by atoms with Gasteiger partial charge in [0.05, 0.1) is 17.8 Å². The molecular weight excluding hydrogens is 369 g/mol. The van der Waals surface area contributed by atoms with E-state index in [1.807, 2.05) is 19.1 Å². The summed E-state index contributed by atoms with van der Waals surface area (Å²) in [5.41, 5.74) is 1.19. The monoisotopic (exact) mass is 388 g/mol. The van der Waals surface area contributed by atoms with Crippen molar-refractivity contribution in [2.75, 3.05) is 13.1 Å². The van der Waals surface area contributed by atoms with Gasteiger partial charge in [-0.1, -0.05) is 35.0 Å². The minimum atomic E-state index is -4.40.